The van der Waals surface area contributed by atoms with E-state index in [-0.39, 0.29) is 23.3 Å². The van der Waals surface area contributed by atoms with Crippen molar-refractivity contribution in [2.75, 3.05) is 26.2 Å². The van der Waals surface area contributed by atoms with Crippen molar-refractivity contribution in [2.24, 2.45) is 5.92 Å². The summed E-state index contributed by atoms with van der Waals surface area (Å²) in [6.45, 7) is 3.58. The lowest BCUT2D eigenvalue weighted by atomic mass is 9.98. The van der Waals surface area contributed by atoms with Gasteiger partial charge in [-0.15, -0.1) is 0 Å². The van der Waals surface area contributed by atoms with E-state index in [9.17, 15) is 18.0 Å². The minimum atomic E-state index is -3.80. The molecule has 1 aromatic carbocycles. The Kier molecular flexibility index (Phi) is 6.03. The third-order valence-electron chi connectivity index (χ3n) is 5.77. The number of nitrogens with one attached hydrogen (secondary N) is 1. The van der Waals surface area contributed by atoms with Crippen LogP contribution >= 0.6 is 11.7 Å². The fourth-order valence-corrected chi connectivity index (χ4v) is 6.38. The Morgan fingerprint density at radius 1 is 1.17 bits per heavy atom. The molecule has 0 unspecified atom stereocenters. The van der Waals surface area contributed by atoms with Gasteiger partial charge in [-0.2, -0.15) is 13.1 Å². The van der Waals surface area contributed by atoms with Crippen LogP contribution in [0.5, 0.6) is 0 Å². The smallest absolute Gasteiger partial charge is 0.245 e. The highest BCUT2D eigenvalue weighted by atomic mass is 32.2. The van der Waals surface area contributed by atoms with Gasteiger partial charge in [0.25, 0.3) is 0 Å². The molecule has 4 rings (SSSR count). The fourth-order valence-electron chi connectivity index (χ4n) is 4.11. The molecule has 2 atom stereocenters. The van der Waals surface area contributed by atoms with Crippen LogP contribution in [0.1, 0.15) is 32.6 Å². The number of benzene rings is 1. The van der Waals surface area contributed by atoms with Crippen molar-refractivity contribution >= 4 is 44.6 Å². The molecule has 0 aliphatic carbocycles. The molecule has 2 aromatic rings. The largest absolute Gasteiger partial charge is 0.344 e. The lowest BCUT2D eigenvalue weighted by Crippen LogP contribution is -2.51. The number of rotatable bonds is 5. The van der Waals surface area contributed by atoms with Gasteiger partial charge in [-0.25, -0.2) is 8.42 Å². The number of carbonyl (C=O) groups excluding carboxylic acids is 2. The molecule has 11 heteroatoms. The number of nitrogens with zero attached hydrogens (tertiary/aromatic N) is 4. The van der Waals surface area contributed by atoms with E-state index in [2.05, 4.69) is 14.1 Å². The second-order valence-corrected chi connectivity index (χ2v) is 10.3. The number of aromatic nitrogens is 2. The lowest BCUT2D eigenvalue weighted by Gasteiger charge is -2.32. The highest BCUT2D eigenvalue weighted by Gasteiger charge is 2.35. The molecular weight excluding hydrogens is 426 g/mol. The normalized spacial score (nSPS) is 21.6. The number of carbonyl (C=O) groups is 2. The maximum absolute atomic E-state index is 13.2. The first-order valence-electron chi connectivity index (χ1n) is 10.2. The first kappa shape index (κ1) is 21.1. The minimum absolute atomic E-state index is 0.0798. The molecule has 1 N–H and O–H groups in total. The molecule has 2 fully saturated rings. The van der Waals surface area contributed by atoms with Crippen LogP contribution in [0.25, 0.3) is 11.0 Å². The van der Waals surface area contributed by atoms with Crippen LogP contribution in [0.4, 0.5) is 0 Å². The molecule has 2 aliphatic rings. The topological polar surface area (TPSA) is 113 Å². The van der Waals surface area contributed by atoms with Crippen LogP contribution in [-0.4, -0.2) is 70.4 Å². The van der Waals surface area contributed by atoms with Crippen molar-refractivity contribution in [1.82, 2.24) is 23.3 Å². The zero-order chi connectivity index (χ0) is 21.3. The van der Waals surface area contributed by atoms with E-state index in [1.807, 2.05) is 0 Å². The number of amides is 2. The quantitative estimate of drug-likeness (QED) is 0.731. The van der Waals surface area contributed by atoms with Gasteiger partial charge < -0.3 is 10.2 Å². The summed E-state index contributed by atoms with van der Waals surface area (Å²) in [6, 6.07) is 4.29. The van der Waals surface area contributed by atoms with Gasteiger partial charge in [-0.05, 0) is 44.7 Å². The van der Waals surface area contributed by atoms with Gasteiger partial charge in [0, 0.05) is 26.2 Å². The predicted octanol–water partition coefficient (Wildman–Crippen LogP) is 1.22. The van der Waals surface area contributed by atoms with E-state index >= 15 is 0 Å². The first-order valence-corrected chi connectivity index (χ1v) is 12.4. The van der Waals surface area contributed by atoms with Gasteiger partial charge in [0.1, 0.15) is 22.0 Å². The highest BCUT2D eigenvalue weighted by molar-refractivity contribution is 7.89. The minimum Gasteiger partial charge on any atom is -0.344 e. The summed E-state index contributed by atoms with van der Waals surface area (Å²) in [5, 5.41) is 2.79. The molecule has 0 radical (unpaired) electrons. The van der Waals surface area contributed by atoms with Crippen LogP contribution in [0, 0.1) is 5.92 Å². The van der Waals surface area contributed by atoms with Gasteiger partial charge in [0.2, 0.25) is 21.8 Å². The molecule has 0 saturated carbocycles. The monoisotopic (exact) mass is 451 g/mol. The van der Waals surface area contributed by atoms with Crippen molar-refractivity contribution in [3.63, 3.8) is 0 Å². The summed E-state index contributed by atoms with van der Waals surface area (Å²) < 4.78 is 36.1. The number of fused-ring (bicyclic) bond motifs is 1. The zero-order valence-corrected chi connectivity index (χ0v) is 18.4. The van der Waals surface area contributed by atoms with E-state index in [0.29, 0.717) is 30.4 Å². The molecule has 2 aliphatic heterocycles. The van der Waals surface area contributed by atoms with E-state index in [1.54, 1.807) is 24.0 Å². The Bertz CT molecular complexity index is 1050. The third-order valence-corrected chi connectivity index (χ3v) is 8.21. The highest BCUT2D eigenvalue weighted by Crippen LogP contribution is 2.28. The number of piperidine rings is 1. The van der Waals surface area contributed by atoms with Crippen LogP contribution < -0.4 is 5.32 Å². The zero-order valence-electron chi connectivity index (χ0n) is 16.8. The molecule has 0 spiro atoms. The maximum Gasteiger partial charge on any atom is 0.245 e. The Morgan fingerprint density at radius 2 is 1.93 bits per heavy atom. The Hall–Kier alpha value is -2.11. The molecular formula is C19H25N5O4S2. The van der Waals surface area contributed by atoms with Crippen LogP contribution in [0.3, 0.4) is 0 Å². The van der Waals surface area contributed by atoms with E-state index in [4.69, 9.17) is 0 Å². The van der Waals surface area contributed by atoms with Gasteiger partial charge in [-0.1, -0.05) is 6.07 Å². The Morgan fingerprint density at radius 3 is 2.70 bits per heavy atom. The number of sulfonamides is 1. The summed E-state index contributed by atoms with van der Waals surface area (Å²) in [5.74, 6) is -0.845. The molecule has 9 nitrogen and oxygen atoms in total. The summed E-state index contributed by atoms with van der Waals surface area (Å²) in [4.78, 5) is 27.1. The van der Waals surface area contributed by atoms with Gasteiger partial charge in [0.15, 0.2) is 0 Å². The second-order valence-electron chi connectivity index (χ2n) is 7.85. The predicted molar refractivity (Wildman–Crippen MR) is 112 cm³/mol. The van der Waals surface area contributed by atoms with Gasteiger partial charge >= 0.3 is 0 Å². The first-order chi connectivity index (χ1) is 14.4. The van der Waals surface area contributed by atoms with Crippen molar-refractivity contribution in [2.45, 2.75) is 43.5 Å². The molecule has 0 bridgehead atoms. The molecule has 2 amide bonds. The summed E-state index contributed by atoms with van der Waals surface area (Å²) in [5.41, 5.74) is 0.903. The molecule has 2 saturated heterocycles. The second kappa shape index (κ2) is 8.56. The summed E-state index contributed by atoms with van der Waals surface area (Å²) in [7, 11) is -3.80. The van der Waals surface area contributed by atoms with Crippen LogP contribution in [0.2, 0.25) is 0 Å². The van der Waals surface area contributed by atoms with Crippen molar-refractivity contribution in [3.05, 3.63) is 18.2 Å². The number of likely N-dealkylation sites (tertiary alicyclic amines) is 1. The van der Waals surface area contributed by atoms with E-state index < -0.39 is 22.0 Å². The lowest BCUT2D eigenvalue weighted by molar-refractivity contribution is -0.136. The van der Waals surface area contributed by atoms with Crippen molar-refractivity contribution < 1.29 is 18.0 Å². The Labute approximate surface area is 179 Å². The number of hydrogen-bond acceptors (Lipinski definition) is 7. The average molecular weight is 452 g/mol. The standard InChI is InChI=1S/C19H25N5O4S2/c1-13(19(26)23-9-2-3-10-23)20-18(25)14-6-5-11-24(12-14)30(27,28)16-8-4-7-15-17(16)22-29-21-15/h4,7-8,13-14H,2-3,5-6,9-12H2,1H3,(H,20,25)/t13-,14+/m0/s1. The Balaban J connectivity index is 1.45. The SMILES string of the molecule is C[C@H](NC(=O)[C@@H]1CCCN(S(=O)(=O)c2cccc3nsnc23)C1)C(=O)N1CCCC1. The molecule has 3 heterocycles. The van der Waals surface area contributed by atoms with E-state index in [1.165, 1.54) is 10.4 Å². The van der Waals surface area contributed by atoms with Gasteiger partial charge in [-0.3, -0.25) is 9.59 Å². The van der Waals surface area contributed by atoms with Crippen LogP contribution in [-0.2, 0) is 19.6 Å². The molecule has 1 aromatic heterocycles. The summed E-state index contributed by atoms with van der Waals surface area (Å²) >= 11 is 0.972. The van der Waals surface area contributed by atoms with Gasteiger partial charge in [0.05, 0.1) is 17.6 Å². The number of hydrogen-bond donors (Lipinski definition) is 1. The summed E-state index contributed by atoms with van der Waals surface area (Å²) in [6.07, 6.45) is 3.15. The van der Waals surface area contributed by atoms with Crippen molar-refractivity contribution in [1.29, 1.82) is 0 Å². The average Bonchev–Trinajstić information content (AvgIpc) is 3.44. The molecule has 162 valence electrons. The third kappa shape index (κ3) is 4.06. The maximum atomic E-state index is 13.2. The van der Waals surface area contributed by atoms with Crippen molar-refractivity contribution in [3.8, 4) is 0 Å². The fraction of sp³-hybridized carbons (Fsp3) is 0.579. The van der Waals surface area contributed by atoms with E-state index in [0.717, 1.165) is 37.7 Å². The molecule has 30 heavy (non-hydrogen) atoms. The van der Waals surface area contributed by atoms with Crippen LogP contribution in [0.15, 0.2) is 23.1 Å².